The maximum Gasteiger partial charge on any atom is 0.273 e. The van der Waals surface area contributed by atoms with E-state index in [9.17, 15) is 14.9 Å². The Labute approximate surface area is 136 Å². The first-order chi connectivity index (χ1) is 10.5. The van der Waals surface area contributed by atoms with Crippen LogP contribution in [-0.2, 0) is 11.2 Å². The largest absolute Gasteiger partial charge is 0.349 e. The Hall–Kier alpha value is -2.21. The molecular weight excluding hydrogens is 348 g/mol. The third-order valence-corrected chi connectivity index (χ3v) is 3.82. The van der Waals surface area contributed by atoms with Crippen LogP contribution in [0.2, 0.25) is 0 Å². The molecule has 2 rings (SSSR count). The predicted molar refractivity (Wildman–Crippen MR) is 87.5 cm³/mol. The summed E-state index contributed by atoms with van der Waals surface area (Å²) in [5.74, 6) is -0.246. The van der Waals surface area contributed by atoms with Crippen molar-refractivity contribution >= 4 is 27.5 Å². The van der Waals surface area contributed by atoms with E-state index in [4.69, 9.17) is 0 Å². The number of hydrogen-bond donors (Lipinski definition) is 1. The van der Waals surface area contributed by atoms with E-state index in [-0.39, 0.29) is 24.1 Å². The van der Waals surface area contributed by atoms with Crippen LogP contribution in [0.3, 0.4) is 0 Å². The quantitative estimate of drug-likeness (QED) is 0.649. The smallest absolute Gasteiger partial charge is 0.273 e. The van der Waals surface area contributed by atoms with E-state index in [1.165, 1.54) is 6.07 Å². The highest BCUT2D eigenvalue weighted by Gasteiger charge is 2.17. The molecule has 0 aliphatic heterocycles. The van der Waals surface area contributed by atoms with E-state index in [0.717, 1.165) is 10.0 Å². The van der Waals surface area contributed by atoms with Crippen molar-refractivity contribution in [1.29, 1.82) is 0 Å². The fraction of sp³-hybridized carbons (Fsp3) is 0.188. The number of amides is 1. The van der Waals surface area contributed by atoms with Crippen LogP contribution in [0.1, 0.15) is 24.1 Å². The number of carbonyl (C=O) groups is 1. The first kappa shape index (κ1) is 16.2. The molecule has 0 fully saturated rings. The number of rotatable bonds is 5. The SMILES string of the molecule is CC(NC(=O)Cc1ccccc1[N+](=O)[O-])c1ccc(Br)cc1. The number of nitro groups is 1. The zero-order valence-corrected chi connectivity index (χ0v) is 13.5. The number of benzene rings is 2. The van der Waals surface area contributed by atoms with Gasteiger partial charge >= 0.3 is 0 Å². The van der Waals surface area contributed by atoms with Crippen molar-refractivity contribution in [2.24, 2.45) is 0 Å². The van der Waals surface area contributed by atoms with Gasteiger partial charge in [-0.1, -0.05) is 46.3 Å². The Balaban J connectivity index is 2.04. The first-order valence-corrected chi connectivity index (χ1v) is 7.54. The molecular formula is C16H15BrN2O3. The topological polar surface area (TPSA) is 72.2 Å². The van der Waals surface area contributed by atoms with Crippen LogP contribution in [-0.4, -0.2) is 10.8 Å². The lowest BCUT2D eigenvalue weighted by Crippen LogP contribution is -2.28. The number of nitrogens with zero attached hydrogens (tertiary/aromatic N) is 1. The van der Waals surface area contributed by atoms with Crippen LogP contribution in [0.25, 0.3) is 0 Å². The Kier molecular flexibility index (Phi) is 5.27. The second kappa shape index (κ2) is 7.17. The lowest BCUT2D eigenvalue weighted by molar-refractivity contribution is -0.385. The maximum atomic E-state index is 12.1. The summed E-state index contributed by atoms with van der Waals surface area (Å²) in [7, 11) is 0. The van der Waals surface area contributed by atoms with Gasteiger partial charge in [0, 0.05) is 16.1 Å². The van der Waals surface area contributed by atoms with Crippen molar-refractivity contribution in [3.05, 3.63) is 74.2 Å². The molecule has 0 bridgehead atoms. The molecule has 1 N–H and O–H groups in total. The molecule has 0 aliphatic carbocycles. The highest BCUT2D eigenvalue weighted by atomic mass is 79.9. The zero-order valence-electron chi connectivity index (χ0n) is 12.0. The minimum Gasteiger partial charge on any atom is -0.349 e. The van der Waals surface area contributed by atoms with E-state index in [1.807, 2.05) is 31.2 Å². The van der Waals surface area contributed by atoms with Gasteiger partial charge in [-0.15, -0.1) is 0 Å². The third kappa shape index (κ3) is 4.14. The maximum absolute atomic E-state index is 12.1. The summed E-state index contributed by atoms with van der Waals surface area (Å²) in [4.78, 5) is 22.6. The van der Waals surface area contributed by atoms with Crippen LogP contribution in [0.5, 0.6) is 0 Å². The Morgan fingerprint density at radius 3 is 2.50 bits per heavy atom. The normalized spacial score (nSPS) is 11.7. The van der Waals surface area contributed by atoms with Crippen molar-refractivity contribution in [3.8, 4) is 0 Å². The highest BCUT2D eigenvalue weighted by Crippen LogP contribution is 2.19. The zero-order chi connectivity index (χ0) is 16.1. The molecule has 114 valence electrons. The lowest BCUT2D eigenvalue weighted by atomic mass is 10.1. The van der Waals surface area contributed by atoms with E-state index in [2.05, 4.69) is 21.2 Å². The number of hydrogen-bond acceptors (Lipinski definition) is 3. The molecule has 0 radical (unpaired) electrons. The molecule has 2 aromatic rings. The molecule has 2 aromatic carbocycles. The lowest BCUT2D eigenvalue weighted by Gasteiger charge is -2.14. The molecule has 0 saturated carbocycles. The van der Waals surface area contributed by atoms with Gasteiger partial charge in [0.1, 0.15) is 0 Å². The van der Waals surface area contributed by atoms with E-state index >= 15 is 0 Å². The number of carbonyl (C=O) groups excluding carboxylic acids is 1. The minimum absolute atomic E-state index is 0.0159. The molecule has 0 aliphatic rings. The number of para-hydroxylation sites is 1. The molecule has 1 unspecified atom stereocenters. The average Bonchev–Trinajstić information content (AvgIpc) is 2.48. The average molecular weight is 363 g/mol. The highest BCUT2D eigenvalue weighted by molar-refractivity contribution is 9.10. The van der Waals surface area contributed by atoms with Crippen LogP contribution in [0.15, 0.2) is 53.0 Å². The molecule has 22 heavy (non-hydrogen) atoms. The summed E-state index contributed by atoms with van der Waals surface area (Å²) in [6, 6.07) is 13.8. The summed E-state index contributed by atoms with van der Waals surface area (Å²) < 4.78 is 0.967. The van der Waals surface area contributed by atoms with Gasteiger partial charge in [0.15, 0.2) is 0 Å². The summed E-state index contributed by atoms with van der Waals surface area (Å²) in [6.07, 6.45) is -0.0159. The van der Waals surface area contributed by atoms with Gasteiger partial charge in [-0.25, -0.2) is 0 Å². The number of nitro benzene ring substituents is 1. The summed E-state index contributed by atoms with van der Waals surface area (Å²) in [6.45, 7) is 1.88. The molecule has 1 amide bonds. The molecule has 6 heteroatoms. The monoisotopic (exact) mass is 362 g/mol. The Morgan fingerprint density at radius 1 is 1.23 bits per heavy atom. The number of halogens is 1. The van der Waals surface area contributed by atoms with E-state index < -0.39 is 4.92 Å². The Bertz CT molecular complexity index is 686. The first-order valence-electron chi connectivity index (χ1n) is 6.74. The van der Waals surface area contributed by atoms with Gasteiger partial charge in [0.2, 0.25) is 5.91 Å². The van der Waals surface area contributed by atoms with Crippen molar-refractivity contribution in [1.82, 2.24) is 5.32 Å². The predicted octanol–water partition coefficient (Wildman–Crippen LogP) is 3.78. The molecule has 0 saturated heterocycles. The molecule has 1 atom stereocenters. The van der Waals surface area contributed by atoms with Gasteiger partial charge in [-0.2, -0.15) is 0 Å². The summed E-state index contributed by atoms with van der Waals surface area (Å²) >= 11 is 3.36. The van der Waals surface area contributed by atoms with Crippen molar-refractivity contribution in [3.63, 3.8) is 0 Å². The van der Waals surface area contributed by atoms with Crippen LogP contribution < -0.4 is 5.32 Å². The van der Waals surface area contributed by atoms with Crippen molar-refractivity contribution in [2.75, 3.05) is 0 Å². The van der Waals surface area contributed by atoms with Gasteiger partial charge < -0.3 is 5.32 Å². The van der Waals surface area contributed by atoms with E-state index in [0.29, 0.717) is 5.56 Å². The van der Waals surface area contributed by atoms with Crippen molar-refractivity contribution in [2.45, 2.75) is 19.4 Å². The van der Waals surface area contributed by atoms with Crippen molar-refractivity contribution < 1.29 is 9.72 Å². The second-order valence-electron chi connectivity index (χ2n) is 4.90. The fourth-order valence-corrected chi connectivity index (χ4v) is 2.40. The standard InChI is InChI=1S/C16H15BrN2O3/c1-11(12-6-8-14(17)9-7-12)18-16(20)10-13-4-2-3-5-15(13)19(21)22/h2-9,11H,10H2,1H3,(H,18,20). The minimum atomic E-state index is -0.471. The van der Waals surface area contributed by atoms with Gasteiger partial charge in [-0.3, -0.25) is 14.9 Å². The summed E-state index contributed by atoms with van der Waals surface area (Å²) in [5.41, 5.74) is 1.35. The number of nitrogens with one attached hydrogen (secondary N) is 1. The van der Waals surface area contributed by atoms with Gasteiger partial charge in [0.05, 0.1) is 17.4 Å². The summed E-state index contributed by atoms with van der Waals surface area (Å²) in [5, 5.41) is 13.8. The third-order valence-electron chi connectivity index (χ3n) is 3.29. The van der Waals surface area contributed by atoms with Crippen LogP contribution >= 0.6 is 15.9 Å². The molecule has 0 aromatic heterocycles. The van der Waals surface area contributed by atoms with E-state index in [1.54, 1.807) is 18.2 Å². The fourth-order valence-electron chi connectivity index (χ4n) is 2.14. The molecule has 5 nitrogen and oxygen atoms in total. The van der Waals surface area contributed by atoms with Crippen LogP contribution in [0.4, 0.5) is 5.69 Å². The van der Waals surface area contributed by atoms with Gasteiger partial charge in [-0.05, 0) is 24.6 Å². The van der Waals surface area contributed by atoms with Crippen LogP contribution in [0, 0.1) is 10.1 Å². The van der Waals surface area contributed by atoms with Gasteiger partial charge in [0.25, 0.3) is 5.69 Å². The molecule has 0 spiro atoms. The Morgan fingerprint density at radius 2 is 1.86 bits per heavy atom. The molecule has 0 heterocycles. The second-order valence-corrected chi connectivity index (χ2v) is 5.82.